The van der Waals surface area contributed by atoms with E-state index in [1.165, 1.54) is 0 Å². The van der Waals surface area contributed by atoms with Gasteiger partial charge in [0.15, 0.2) is 17.3 Å². The summed E-state index contributed by atoms with van der Waals surface area (Å²) in [6.07, 6.45) is 6.08. The van der Waals surface area contributed by atoms with Crippen LogP contribution in [0.3, 0.4) is 0 Å². The molecule has 0 aliphatic heterocycles. The van der Waals surface area contributed by atoms with Gasteiger partial charge in [-0.3, -0.25) is 4.79 Å². The molecule has 39 heavy (non-hydrogen) atoms. The molecule has 0 saturated heterocycles. The highest BCUT2D eigenvalue weighted by Gasteiger charge is 2.18. The molecule has 7 nitrogen and oxygen atoms in total. The SMILES string of the molecule is COc1cc(N[C@H](C)CC(=O)c2cn(C)c3ccccc23)c(/C=C\c2cc(OC)c(OC)c(OC)c2)cc1Cl. The number of Topliss-reactive ketones (excluding diaryl/α,β-unsaturated/α-hetero) is 1. The van der Waals surface area contributed by atoms with E-state index < -0.39 is 0 Å². The lowest BCUT2D eigenvalue weighted by Gasteiger charge is -2.18. The van der Waals surface area contributed by atoms with E-state index in [9.17, 15) is 4.79 Å². The Kier molecular flexibility index (Phi) is 8.72. The fraction of sp³-hybridized carbons (Fsp3) is 0.258. The van der Waals surface area contributed by atoms with Crippen molar-refractivity contribution in [3.63, 3.8) is 0 Å². The second-order valence-electron chi connectivity index (χ2n) is 9.21. The van der Waals surface area contributed by atoms with E-state index in [-0.39, 0.29) is 11.8 Å². The number of hydrogen-bond donors (Lipinski definition) is 1. The summed E-state index contributed by atoms with van der Waals surface area (Å²) in [7, 11) is 8.25. The van der Waals surface area contributed by atoms with Gasteiger partial charge in [0.1, 0.15) is 5.75 Å². The van der Waals surface area contributed by atoms with Gasteiger partial charge in [-0.15, -0.1) is 0 Å². The van der Waals surface area contributed by atoms with Crippen LogP contribution >= 0.6 is 11.6 Å². The van der Waals surface area contributed by atoms with Gasteiger partial charge in [0, 0.05) is 53.9 Å². The molecular weight excluding hydrogens is 516 g/mol. The van der Waals surface area contributed by atoms with Crippen molar-refractivity contribution in [3.05, 3.63) is 76.4 Å². The molecule has 0 radical (unpaired) electrons. The monoisotopic (exact) mass is 548 g/mol. The largest absolute Gasteiger partial charge is 0.495 e. The lowest BCUT2D eigenvalue weighted by atomic mass is 10.0. The van der Waals surface area contributed by atoms with E-state index in [1.54, 1.807) is 28.4 Å². The van der Waals surface area contributed by atoms with Crippen LogP contribution in [0.5, 0.6) is 23.0 Å². The molecule has 4 aromatic rings. The Morgan fingerprint density at radius 3 is 2.26 bits per heavy atom. The Morgan fingerprint density at radius 2 is 1.62 bits per heavy atom. The van der Waals surface area contributed by atoms with Gasteiger partial charge in [-0.2, -0.15) is 0 Å². The molecule has 0 saturated carbocycles. The van der Waals surface area contributed by atoms with Crippen molar-refractivity contribution in [2.24, 2.45) is 7.05 Å². The predicted octanol–water partition coefficient (Wildman–Crippen LogP) is 7.11. The summed E-state index contributed by atoms with van der Waals surface area (Å²) in [5.41, 5.74) is 4.22. The number of aromatic nitrogens is 1. The molecule has 1 N–H and O–H groups in total. The maximum Gasteiger partial charge on any atom is 0.203 e. The molecule has 0 bridgehead atoms. The number of ketones is 1. The van der Waals surface area contributed by atoms with Gasteiger partial charge in [-0.25, -0.2) is 0 Å². The van der Waals surface area contributed by atoms with E-state index >= 15 is 0 Å². The molecule has 0 amide bonds. The summed E-state index contributed by atoms with van der Waals surface area (Å²) >= 11 is 6.48. The van der Waals surface area contributed by atoms with Crippen LogP contribution in [-0.2, 0) is 7.05 Å². The summed E-state index contributed by atoms with van der Waals surface area (Å²) in [6, 6.07) is 15.2. The first kappa shape index (κ1) is 27.9. The zero-order chi connectivity index (χ0) is 28.1. The maximum atomic E-state index is 13.3. The van der Waals surface area contributed by atoms with Gasteiger partial charge in [-0.1, -0.05) is 42.0 Å². The Balaban J connectivity index is 1.61. The Labute approximate surface area is 233 Å². The minimum atomic E-state index is -0.157. The lowest BCUT2D eigenvalue weighted by molar-refractivity contribution is 0.0980. The molecule has 3 aromatic carbocycles. The number of benzene rings is 3. The molecule has 0 aliphatic carbocycles. The van der Waals surface area contributed by atoms with Crippen molar-refractivity contribution in [1.82, 2.24) is 4.57 Å². The van der Waals surface area contributed by atoms with Crippen LogP contribution in [0.25, 0.3) is 23.1 Å². The quantitative estimate of drug-likeness (QED) is 0.159. The summed E-state index contributed by atoms with van der Waals surface area (Å²) in [4.78, 5) is 13.3. The number of anilines is 1. The zero-order valence-corrected chi connectivity index (χ0v) is 23.8. The highest BCUT2D eigenvalue weighted by molar-refractivity contribution is 6.32. The van der Waals surface area contributed by atoms with Gasteiger partial charge in [0.25, 0.3) is 0 Å². The van der Waals surface area contributed by atoms with Crippen LogP contribution in [0.2, 0.25) is 5.02 Å². The molecule has 1 atom stereocenters. The number of aryl methyl sites for hydroxylation is 1. The summed E-state index contributed by atoms with van der Waals surface area (Å²) in [5, 5.41) is 4.92. The number of halogens is 1. The Morgan fingerprint density at radius 1 is 0.949 bits per heavy atom. The lowest BCUT2D eigenvalue weighted by Crippen LogP contribution is -2.20. The van der Waals surface area contributed by atoms with E-state index in [4.69, 9.17) is 30.5 Å². The second kappa shape index (κ2) is 12.2. The summed E-state index contributed by atoms with van der Waals surface area (Å²) < 4.78 is 23.8. The molecule has 8 heteroatoms. The van der Waals surface area contributed by atoms with Gasteiger partial charge in [0.05, 0.1) is 33.5 Å². The molecule has 0 aliphatic rings. The predicted molar refractivity (Wildman–Crippen MR) is 158 cm³/mol. The number of para-hydroxylation sites is 1. The number of hydrogen-bond acceptors (Lipinski definition) is 6. The third-order valence-corrected chi connectivity index (χ3v) is 6.85. The van der Waals surface area contributed by atoms with E-state index in [1.807, 2.05) is 85.4 Å². The van der Waals surface area contributed by atoms with Crippen molar-refractivity contribution >= 4 is 46.1 Å². The van der Waals surface area contributed by atoms with Crippen molar-refractivity contribution in [2.75, 3.05) is 33.8 Å². The minimum absolute atomic E-state index is 0.0715. The topological polar surface area (TPSA) is 71.0 Å². The molecule has 1 heterocycles. The van der Waals surface area contributed by atoms with Crippen LogP contribution in [0.15, 0.2) is 54.7 Å². The summed E-state index contributed by atoms with van der Waals surface area (Å²) in [5.74, 6) is 2.25. The molecule has 0 unspecified atom stereocenters. The first-order valence-electron chi connectivity index (χ1n) is 12.5. The van der Waals surface area contributed by atoms with E-state index in [0.29, 0.717) is 34.4 Å². The van der Waals surface area contributed by atoms with Crippen LogP contribution in [0, 0.1) is 0 Å². The molecule has 0 spiro atoms. The minimum Gasteiger partial charge on any atom is -0.495 e. The second-order valence-corrected chi connectivity index (χ2v) is 9.62. The van der Waals surface area contributed by atoms with Crippen LogP contribution < -0.4 is 24.3 Å². The smallest absolute Gasteiger partial charge is 0.203 e. The maximum absolute atomic E-state index is 13.3. The van der Waals surface area contributed by atoms with Crippen LogP contribution in [0.1, 0.15) is 34.8 Å². The standard InChI is InChI=1S/C31H33ClN2O5/c1-19(13-27(35)23-18-34(2)26-10-8-7-9-22(23)26)33-25-17-28(36-3)24(32)16-21(25)12-11-20-14-29(37-4)31(39-6)30(15-20)38-5/h7-12,14-19,33H,13H2,1-6H3/b12-11-/t19-/m1/s1. The first-order chi connectivity index (χ1) is 18.8. The average Bonchev–Trinajstić information content (AvgIpc) is 3.28. The van der Waals surface area contributed by atoms with Crippen LogP contribution in [0.4, 0.5) is 5.69 Å². The highest BCUT2D eigenvalue weighted by Crippen LogP contribution is 2.39. The van der Waals surface area contributed by atoms with Crippen molar-refractivity contribution in [1.29, 1.82) is 0 Å². The van der Waals surface area contributed by atoms with Crippen LogP contribution in [-0.4, -0.2) is 44.8 Å². The third-order valence-electron chi connectivity index (χ3n) is 6.56. The average molecular weight is 549 g/mol. The molecule has 4 rings (SSSR count). The highest BCUT2D eigenvalue weighted by atomic mass is 35.5. The summed E-state index contributed by atoms with van der Waals surface area (Å²) in [6.45, 7) is 1.98. The number of carbonyl (C=O) groups is 1. The van der Waals surface area contributed by atoms with Gasteiger partial charge < -0.3 is 28.8 Å². The van der Waals surface area contributed by atoms with Crippen molar-refractivity contribution in [3.8, 4) is 23.0 Å². The van der Waals surface area contributed by atoms with Crippen molar-refractivity contribution in [2.45, 2.75) is 19.4 Å². The van der Waals surface area contributed by atoms with Gasteiger partial charge in [0.2, 0.25) is 5.75 Å². The number of nitrogens with zero attached hydrogens (tertiary/aromatic N) is 1. The van der Waals surface area contributed by atoms with Crippen molar-refractivity contribution < 1.29 is 23.7 Å². The number of rotatable bonds is 11. The Hall–Kier alpha value is -4.10. The third kappa shape index (κ3) is 5.99. The van der Waals surface area contributed by atoms with E-state index in [0.717, 1.165) is 33.3 Å². The molecule has 1 aromatic heterocycles. The van der Waals surface area contributed by atoms with Gasteiger partial charge >= 0.3 is 0 Å². The number of carbonyl (C=O) groups excluding carboxylic acids is 1. The number of fused-ring (bicyclic) bond motifs is 1. The first-order valence-corrected chi connectivity index (χ1v) is 12.9. The number of nitrogens with one attached hydrogen (secondary N) is 1. The molecule has 204 valence electrons. The number of methoxy groups -OCH3 is 4. The molecular formula is C31H33ClN2O5. The zero-order valence-electron chi connectivity index (χ0n) is 23.0. The normalized spacial score (nSPS) is 12.0. The Bertz CT molecular complexity index is 1500. The fourth-order valence-corrected chi connectivity index (χ4v) is 4.89. The molecule has 0 fully saturated rings. The fourth-order valence-electron chi connectivity index (χ4n) is 4.64. The van der Waals surface area contributed by atoms with Gasteiger partial charge in [-0.05, 0) is 42.3 Å². The van der Waals surface area contributed by atoms with E-state index in [2.05, 4.69) is 5.32 Å². The number of ether oxygens (including phenoxy) is 4.